The molecule has 0 radical (unpaired) electrons. The molecule has 134 valence electrons. The monoisotopic (exact) mass is 387 g/mol. The number of methoxy groups -OCH3 is 1. The molecule has 0 unspecified atom stereocenters. The van der Waals surface area contributed by atoms with E-state index in [0.717, 1.165) is 16.8 Å². The third-order valence-corrected chi connectivity index (χ3v) is 4.39. The van der Waals surface area contributed by atoms with Crippen LogP contribution in [0.4, 0.5) is 5.69 Å². The van der Waals surface area contributed by atoms with Gasteiger partial charge in [0.25, 0.3) is 0 Å². The standard InChI is InChI=1S/C21H19Cl2NO2/c1-25-20-12-16(13-24-18-5-3-2-4-6-18)11-19(23)21(20)26-14-15-7-9-17(22)10-8-15/h2-12,24H,13-14H2,1H3. The largest absolute Gasteiger partial charge is 0.493 e. The lowest BCUT2D eigenvalue weighted by Gasteiger charge is -2.15. The first kappa shape index (κ1) is 18.4. The van der Waals surface area contributed by atoms with E-state index in [9.17, 15) is 0 Å². The minimum atomic E-state index is 0.384. The molecule has 5 heteroatoms. The third-order valence-electron chi connectivity index (χ3n) is 3.86. The van der Waals surface area contributed by atoms with E-state index in [1.165, 1.54) is 0 Å². The van der Waals surface area contributed by atoms with Crippen LogP contribution in [0.25, 0.3) is 0 Å². The third kappa shape index (κ3) is 4.84. The summed E-state index contributed by atoms with van der Waals surface area (Å²) in [5.41, 5.74) is 3.06. The highest BCUT2D eigenvalue weighted by atomic mass is 35.5. The van der Waals surface area contributed by atoms with E-state index < -0.39 is 0 Å². The predicted octanol–water partition coefficient (Wildman–Crippen LogP) is 6.19. The summed E-state index contributed by atoms with van der Waals surface area (Å²) in [4.78, 5) is 0. The number of nitrogens with one attached hydrogen (secondary N) is 1. The molecule has 1 N–H and O–H groups in total. The molecular formula is C21H19Cl2NO2. The van der Waals surface area contributed by atoms with Gasteiger partial charge in [-0.3, -0.25) is 0 Å². The van der Waals surface area contributed by atoms with E-state index in [2.05, 4.69) is 5.32 Å². The number of hydrogen-bond acceptors (Lipinski definition) is 3. The Labute approximate surface area is 163 Å². The molecule has 26 heavy (non-hydrogen) atoms. The fraction of sp³-hybridized carbons (Fsp3) is 0.143. The average Bonchev–Trinajstić information content (AvgIpc) is 2.67. The number of halogens is 2. The van der Waals surface area contributed by atoms with Gasteiger partial charge in [0.2, 0.25) is 0 Å². The average molecular weight is 388 g/mol. The van der Waals surface area contributed by atoms with Gasteiger partial charge >= 0.3 is 0 Å². The summed E-state index contributed by atoms with van der Waals surface area (Å²) in [5.74, 6) is 1.14. The molecule has 0 aliphatic rings. The van der Waals surface area contributed by atoms with Crippen molar-refractivity contribution in [3.63, 3.8) is 0 Å². The van der Waals surface area contributed by atoms with Crippen molar-refractivity contribution < 1.29 is 9.47 Å². The van der Waals surface area contributed by atoms with Gasteiger partial charge in [0, 0.05) is 17.3 Å². The Morgan fingerprint density at radius 2 is 1.62 bits per heavy atom. The van der Waals surface area contributed by atoms with Crippen LogP contribution < -0.4 is 14.8 Å². The zero-order valence-corrected chi connectivity index (χ0v) is 15.8. The molecule has 0 bridgehead atoms. The highest BCUT2D eigenvalue weighted by molar-refractivity contribution is 6.32. The Bertz CT molecular complexity index is 852. The first-order valence-corrected chi connectivity index (χ1v) is 8.94. The topological polar surface area (TPSA) is 30.5 Å². The second kappa shape index (κ2) is 8.84. The number of benzene rings is 3. The van der Waals surface area contributed by atoms with Crippen molar-refractivity contribution >= 4 is 28.9 Å². The summed E-state index contributed by atoms with van der Waals surface area (Å²) in [5, 5.41) is 4.57. The van der Waals surface area contributed by atoms with Crippen LogP contribution in [0.15, 0.2) is 66.7 Å². The Hall–Kier alpha value is -2.36. The van der Waals surface area contributed by atoms with Gasteiger partial charge in [-0.1, -0.05) is 53.5 Å². The second-order valence-electron chi connectivity index (χ2n) is 5.74. The van der Waals surface area contributed by atoms with E-state index in [4.69, 9.17) is 32.7 Å². The maximum atomic E-state index is 6.43. The molecule has 3 rings (SSSR count). The normalized spacial score (nSPS) is 10.4. The maximum absolute atomic E-state index is 6.43. The van der Waals surface area contributed by atoms with E-state index in [1.807, 2.05) is 66.7 Å². The van der Waals surface area contributed by atoms with Crippen LogP contribution in [-0.2, 0) is 13.2 Å². The van der Waals surface area contributed by atoms with Crippen LogP contribution in [0.1, 0.15) is 11.1 Å². The fourth-order valence-corrected chi connectivity index (χ4v) is 2.93. The first-order valence-electron chi connectivity index (χ1n) is 8.18. The first-order chi connectivity index (χ1) is 12.7. The van der Waals surface area contributed by atoms with Gasteiger partial charge in [-0.2, -0.15) is 0 Å². The van der Waals surface area contributed by atoms with E-state index >= 15 is 0 Å². The van der Waals surface area contributed by atoms with Crippen molar-refractivity contribution in [2.75, 3.05) is 12.4 Å². The zero-order valence-electron chi connectivity index (χ0n) is 14.3. The molecule has 0 amide bonds. The van der Waals surface area contributed by atoms with E-state index in [-0.39, 0.29) is 0 Å². The lowest BCUT2D eigenvalue weighted by molar-refractivity contribution is 0.284. The summed E-state index contributed by atoms with van der Waals surface area (Å²) in [6, 6.07) is 21.3. The number of hydrogen-bond donors (Lipinski definition) is 1. The summed E-state index contributed by atoms with van der Waals surface area (Å²) in [6.07, 6.45) is 0. The predicted molar refractivity (Wildman–Crippen MR) is 108 cm³/mol. The van der Waals surface area contributed by atoms with Gasteiger partial charge in [0.1, 0.15) is 6.61 Å². The summed E-state index contributed by atoms with van der Waals surface area (Å²) in [6.45, 7) is 1.02. The Kier molecular flexibility index (Phi) is 6.26. The lowest BCUT2D eigenvalue weighted by atomic mass is 10.2. The molecule has 3 aromatic carbocycles. The zero-order chi connectivity index (χ0) is 18.4. The van der Waals surface area contributed by atoms with Crippen molar-refractivity contribution in [3.05, 3.63) is 87.9 Å². The minimum Gasteiger partial charge on any atom is -0.493 e. The van der Waals surface area contributed by atoms with Crippen LogP contribution in [0.2, 0.25) is 10.0 Å². The highest BCUT2D eigenvalue weighted by Crippen LogP contribution is 2.37. The van der Waals surface area contributed by atoms with Gasteiger partial charge in [0.15, 0.2) is 11.5 Å². The SMILES string of the molecule is COc1cc(CNc2ccccc2)cc(Cl)c1OCc1ccc(Cl)cc1. The van der Waals surface area contributed by atoms with E-state index in [0.29, 0.717) is 34.7 Å². The fourth-order valence-electron chi connectivity index (χ4n) is 2.51. The van der Waals surface area contributed by atoms with Gasteiger partial charge in [-0.05, 0) is 47.5 Å². The molecule has 3 nitrogen and oxygen atoms in total. The van der Waals surface area contributed by atoms with Crippen molar-refractivity contribution in [1.29, 1.82) is 0 Å². The van der Waals surface area contributed by atoms with Crippen LogP contribution in [-0.4, -0.2) is 7.11 Å². The Morgan fingerprint density at radius 3 is 2.31 bits per heavy atom. The van der Waals surface area contributed by atoms with Crippen molar-refractivity contribution in [3.8, 4) is 11.5 Å². The highest BCUT2D eigenvalue weighted by Gasteiger charge is 2.12. The number of para-hydroxylation sites is 1. The Balaban J connectivity index is 1.71. The molecule has 0 fully saturated rings. The smallest absolute Gasteiger partial charge is 0.180 e. The number of ether oxygens (including phenoxy) is 2. The quantitative estimate of drug-likeness (QED) is 0.523. The second-order valence-corrected chi connectivity index (χ2v) is 6.59. The molecule has 3 aromatic rings. The molecule has 0 saturated heterocycles. The van der Waals surface area contributed by atoms with Crippen LogP contribution >= 0.6 is 23.2 Å². The number of rotatable bonds is 7. The number of anilines is 1. The summed E-state index contributed by atoms with van der Waals surface area (Å²) in [7, 11) is 1.61. The van der Waals surface area contributed by atoms with Crippen LogP contribution in [0.3, 0.4) is 0 Å². The molecule has 0 saturated carbocycles. The van der Waals surface area contributed by atoms with Gasteiger partial charge in [-0.15, -0.1) is 0 Å². The van der Waals surface area contributed by atoms with Crippen molar-refractivity contribution in [2.24, 2.45) is 0 Å². The molecule has 0 heterocycles. The van der Waals surface area contributed by atoms with Gasteiger partial charge in [0.05, 0.1) is 12.1 Å². The van der Waals surface area contributed by atoms with E-state index in [1.54, 1.807) is 7.11 Å². The summed E-state index contributed by atoms with van der Waals surface area (Å²) >= 11 is 12.3. The molecule has 0 aromatic heterocycles. The molecule has 0 spiro atoms. The van der Waals surface area contributed by atoms with Crippen molar-refractivity contribution in [1.82, 2.24) is 0 Å². The maximum Gasteiger partial charge on any atom is 0.180 e. The lowest BCUT2D eigenvalue weighted by Crippen LogP contribution is -2.02. The van der Waals surface area contributed by atoms with Crippen LogP contribution in [0.5, 0.6) is 11.5 Å². The molecule has 0 aliphatic carbocycles. The minimum absolute atomic E-state index is 0.384. The molecular weight excluding hydrogens is 369 g/mol. The molecule has 0 atom stereocenters. The van der Waals surface area contributed by atoms with Gasteiger partial charge in [-0.25, -0.2) is 0 Å². The van der Waals surface area contributed by atoms with Gasteiger partial charge < -0.3 is 14.8 Å². The molecule has 0 aliphatic heterocycles. The van der Waals surface area contributed by atoms with Crippen molar-refractivity contribution in [2.45, 2.75) is 13.2 Å². The Morgan fingerprint density at radius 1 is 0.885 bits per heavy atom. The summed E-state index contributed by atoms with van der Waals surface area (Å²) < 4.78 is 11.4. The van der Waals surface area contributed by atoms with Crippen LogP contribution in [0, 0.1) is 0 Å².